The van der Waals surface area contributed by atoms with Crippen LogP contribution in [0.25, 0.3) is 5.76 Å². The number of carbonyl (C=O) groups excluding carboxylic acids is 3. The molecule has 0 aliphatic carbocycles. The Balaban J connectivity index is 1.60. The number of amides is 2. The molecule has 2 unspecified atom stereocenters. The van der Waals surface area contributed by atoms with Crippen molar-refractivity contribution in [3.63, 3.8) is 0 Å². The maximum Gasteiger partial charge on any atom is 0.296 e. The van der Waals surface area contributed by atoms with Crippen LogP contribution in [0.15, 0.2) is 60.7 Å². The third-order valence-corrected chi connectivity index (χ3v) is 7.35. The Hall–Kier alpha value is -4.11. The molecule has 4 aliphatic heterocycles. The fourth-order valence-electron chi connectivity index (χ4n) is 5.75. The molecule has 4 aliphatic rings. The molecule has 2 aromatic rings. The lowest BCUT2D eigenvalue weighted by atomic mass is 9.81. The van der Waals surface area contributed by atoms with Gasteiger partial charge in [-0.25, -0.2) is 0 Å². The van der Waals surface area contributed by atoms with Crippen LogP contribution in [-0.2, 0) is 24.7 Å². The molecule has 9 heteroatoms. The minimum Gasteiger partial charge on any atom is -0.507 e. The van der Waals surface area contributed by atoms with Crippen LogP contribution >= 0.6 is 0 Å². The minimum atomic E-state index is -1.84. The lowest BCUT2D eigenvalue weighted by molar-refractivity contribution is -0.145. The van der Waals surface area contributed by atoms with E-state index in [-0.39, 0.29) is 30.3 Å². The number of ketones is 1. The number of benzene rings is 2. The number of aliphatic hydroxyl groups excluding tert-OH is 1. The molecule has 0 radical (unpaired) electrons. The molecule has 2 amide bonds. The van der Waals surface area contributed by atoms with Crippen molar-refractivity contribution in [3.8, 4) is 11.5 Å². The van der Waals surface area contributed by atoms with E-state index in [1.165, 1.54) is 9.80 Å². The molecule has 1 N–H and O–H groups in total. The van der Waals surface area contributed by atoms with Crippen molar-refractivity contribution >= 4 is 29.0 Å². The van der Waals surface area contributed by atoms with Crippen molar-refractivity contribution in [2.45, 2.75) is 24.5 Å². The van der Waals surface area contributed by atoms with Gasteiger partial charge >= 0.3 is 0 Å². The van der Waals surface area contributed by atoms with Crippen molar-refractivity contribution < 1.29 is 33.7 Å². The number of carbonyl (C=O) groups is 3. The number of hydrogen-bond donors (Lipinski definition) is 1. The molecule has 190 valence electrons. The molecule has 0 saturated carbocycles. The number of Topliss-reactive ketones (excluding diaryl/α,β-unsaturated/α-hetero) is 1. The summed E-state index contributed by atoms with van der Waals surface area (Å²) in [6.45, 7) is 5.28. The van der Waals surface area contributed by atoms with Gasteiger partial charge in [0.05, 0.1) is 17.4 Å². The van der Waals surface area contributed by atoms with E-state index in [0.717, 1.165) is 6.42 Å². The number of fused-ring (bicyclic) bond motifs is 3. The fourth-order valence-corrected chi connectivity index (χ4v) is 5.75. The molecule has 2 aromatic carbocycles. The summed E-state index contributed by atoms with van der Waals surface area (Å²) in [4.78, 5) is 44.4. The Morgan fingerprint density at radius 1 is 1.08 bits per heavy atom. The molecule has 2 atom stereocenters. The molecule has 37 heavy (non-hydrogen) atoms. The number of para-hydroxylation sites is 1. The van der Waals surface area contributed by atoms with Crippen molar-refractivity contribution in [2.75, 3.05) is 37.8 Å². The standard InChI is InChI=1S/C28H26N2O7/c1-2-11-29-20-8-4-3-7-19(20)28(27(29)34)23(25(32)26(33)30(28)16-18-6-5-12-35-18)24(31)17-9-10-21-22(15-17)37-14-13-36-21/h2-4,7-10,15,18,31H,1,5-6,11-14,16H2/b24-23-. The van der Waals surface area contributed by atoms with Crippen molar-refractivity contribution in [2.24, 2.45) is 0 Å². The van der Waals surface area contributed by atoms with Crippen molar-refractivity contribution in [3.05, 3.63) is 71.8 Å². The monoisotopic (exact) mass is 502 g/mol. The number of aliphatic hydroxyl groups is 1. The summed E-state index contributed by atoms with van der Waals surface area (Å²) >= 11 is 0. The summed E-state index contributed by atoms with van der Waals surface area (Å²) < 4.78 is 17.0. The lowest BCUT2D eigenvalue weighted by Crippen LogP contribution is -2.53. The number of hydrogen-bond acceptors (Lipinski definition) is 7. The van der Waals surface area contributed by atoms with Crippen LogP contribution < -0.4 is 14.4 Å². The third-order valence-electron chi connectivity index (χ3n) is 7.35. The first-order valence-electron chi connectivity index (χ1n) is 12.3. The molecular weight excluding hydrogens is 476 g/mol. The maximum atomic E-state index is 14.3. The van der Waals surface area contributed by atoms with Gasteiger partial charge in [0.15, 0.2) is 17.0 Å². The van der Waals surface area contributed by atoms with Crippen LogP contribution in [0.2, 0.25) is 0 Å². The Kier molecular flexibility index (Phi) is 5.52. The second-order valence-corrected chi connectivity index (χ2v) is 9.39. The highest BCUT2D eigenvalue weighted by molar-refractivity contribution is 6.50. The van der Waals surface area contributed by atoms with Gasteiger partial charge in [0.2, 0.25) is 0 Å². The summed E-state index contributed by atoms with van der Waals surface area (Å²) in [6, 6.07) is 11.8. The van der Waals surface area contributed by atoms with Crippen LogP contribution in [-0.4, -0.2) is 66.6 Å². The molecule has 0 aromatic heterocycles. The Morgan fingerprint density at radius 3 is 2.62 bits per heavy atom. The molecule has 6 rings (SSSR count). The maximum absolute atomic E-state index is 14.3. The van der Waals surface area contributed by atoms with Gasteiger partial charge in [-0.1, -0.05) is 24.3 Å². The van der Waals surface area contributed by atoms with E-state index in [9.17, 15) is 19.5 Å². The molecule has 9 nitrogen and oxygen atoms in total. The Bertz CT molecular complexity index is 1360. The van der Waals surface area contributed by atoms with Gasteiger partial charge in [0.1, 0.15) is 19.0 Å². The average molecular weight is 503 g/mol. The number of rotatable bonds is 5. The number of nitrogens with zero attached hydrogens (tertiary/aromatic N) is 2. The van der Waals surface area contributed by atoms with E-state index in [2.05, 4.69) is 6.58 Å². The largest absolute Gasteiger partial charge is 0.507 e. The fraction of sp³-hybridized carbons (Fsp3) is 0.321. The van der Waals surface area contributed by atoms with Crippen LogP contribution in [0.1, 0.15) is 24.0 Å². The normalized spacial score (nSPS) is 25.7. The molecular formula is C28H26N2O7. The Morgan fingerprint density at radius 2 is 1.86 bits per heavy atom. The van der Waals surface area contributed by atoms with Crippen LogP contribution in [0, 0.1) is 0 Å². The van der Waals surface area contributed by atoms with E-state index < -0.39 is 28.9 Å². The minimum absolute atomic E-state index is 0.0461. The second kappa shape index (κ2) is 8.77. The van der Waals surface area contributed by atoms with Gasteiger partial charge < -0.3 is 29.1 Å². The smallest absolute Gasteiger partial charge is 0.296 e. The van der Waals surface area contributed by atoms with E-state index in [4.69, 9.17) is 14.2 Å². The van der Waals surface area contributed by atoms with Crippen LogP contribution in [0.5, 0.6) is 11.5 Å². The third kappa shape index (κ3) is 3.30. The zero-order valence-corrected chi connectivity index (χ0v) is 20.1. The van der Waals surface area contributed by atoms with Gasteiger partial charge in [-0.15, -0.1) is 6.58 Å². The summed E-state index contributed by atoms with van der Waals surface area (Å²) in [6.07, 6.45) is 2.79. The lowest BCUT2D eigenvalue weighted by Gasteiger charge is -2.35. The molecule has 1 spiro atoms. The van der Waals surface area contributed by atoms with Gasteiger partial charge in [-0.05, 0) is 37.1 Å². The quantitative estimate of drug-likeness (QED) is 0.290. The van der Waals surface area contributed by atoms with Crippen molar-refractivity contribution in [1.82, 2.24) is 4.90 Å². The highest BCUT2D eigenvalue weighted by atomic mass is 16.6. The highest BCUT2D eigenvalue weighted by Gasteiger charge is 2.67. The van der Waals surface area contributed by atoms with Crippen LogP contribution in [0.4, 0.5) is 5.69 Å². The summed E-state index contributed by atoms with van der Waals surface area (Å²) in [7, 11) is 0. The predicted molar refractivity (Wildman–Crippen MR) is 133 cm³/mol. The molecule has 2 fully saturated rings. The molecule has 0 bridgehead atoms. The highest BCUT2D eigenvalue weighted by Crippen LogP contribution is 2.54. The average Bonchev–Trinajstić information content (AvgIpc) is 3.58. The van der Waals surface area contributed by atoms with E-state index in [1.807, 2.05) is 0 Å². The first kappa shape index (κ1) is 23.3. The summed E-state index contributed by atoms with van der Waals surface area (Å²) in [5.41, 5.74) is -0.850. The second-order valence-electron chi connectivity index (χ2n) is 9.39. The number of likely N-dealkylation sites (tertiary alicyclic amines) is 1. The van der Waals surface area contributed by atoms with Gasteiger partial charge in [-0.2, -0.15) is 0 Å². The summed E-state index contributed by atoms with van der Waals surface area (Å²) in [5.74, 6) is -1.80. The SMILES string of the molecule is C=CCN1C(=O)C2(/C(=C(\O)c3ccc4c(c3)OCCO4)C(=O)C(=O)N2CC2CCCO2)c2ccccc21. The van der Waals surface area contributed by atoms with Gasteiger partial charge in [0.25, 0.3) is 17.6 Å². The number of anilines is 1. The summed E-state index contributed by atoms with van der Waals surface area (Å²) in [5, 5.41) is 11.6. The predicted octanol–water partition coefficient (Wildman–Crippen LogP) is 2.75. The topological polar surface area (TPSA) is 106 Å². The van der Waals surface area contributed by atoms with E-state index >= 15 is 0 Å². The van der Waals surface area contributed by atoms with Crippen molar-refractivity contribution in [1.29, 1.82) is 0 Å². The van der Waals surface area contributed by atoms with E-state index in [1.54, 1.807) is 48.5 Å². The Labute approximate surface area is 213 Å². The van der Waals surface area contributed by atoms with E-state index in [0.29, 0.717) is 49.0 Å². The zero-order valence-electron chi connectivity index (χ0n) is 20.1. The zero-order chi connectivity index (χ0) is 25.7. The molecule has 4 heterocycles. The van der Waals surface area contributed by atoms with Gasteiger partial charge in [-0.3, -0.25) is 14.4 Å². The number of ether oxygens (including phenoxy) is 3. The van der Waals surface area contributed by atoms with Gasteiger partial charge in [0, 0.05) is 30.8 Å². The first-order valence-corrected chi connectivity index (χ1v) is 12.3. The molecule has 2 saturated heterocycles. The van der Waals surface area contributed by atoms with Crippen LogP contribution in [0.3, 0.4) is 0 Å². The first-order chi connectivity index (χ1) is 18.0.